The first-order valence-electron chi connectivity index (χ1n) is 11.4. The summed E-state index contributed by atoms with van der Waals surface area (Å²) in [6, 6.07) is 14.5. The third kappa shape index (κ3) is 5.25. The summed E-state index contributed by atoms with van der Waals surface area (Å²) in [5, 5.41) is 7.36. The Kier molecular flexibility index (Phi) is 6.70. The van der Waals surface area contributed by atoms with Crippen LogP contribution in [0.15, 0.2) is 47.0 Å². The number of piperidine rings is 1. The van der Waals surface area contributed by atoms with E-state index in [9.17, 15) is 4.79 Å². The first-order chi connectivity index (χ1) is 15.4. The highest BCUT2D eigenvalue weighted by Gasteiger charge is 2.27. The third-order valence-electron chi connectivity index (χ3n) is 6.32. The van der Waals surface area contributed by atoms with Gasteiger partial charge in [0.1, 0.15) is 0 Å². The summed E-state index contributed by atoms with van der Waals surface area (Å²) in [5.74, 6) is 1.44. The zero-order valence-corrected chi connectivity index (χ0v) is 19.4. The second-order valence-corrected chi connectivity index (χ2v) is 9.02. The molecular formula is C26H32N4O2. The Bertz CT molecular complexity index is 1080. The van der Waals surface area contributed by atoms with Crippen molar-refractivity contribution in [3.8, 4) is 11.4 Å². The normalized spacial score (nSPS) is 16.1. The van der Waals surface area contributed by atoms with Crippen LogP contribution in [-0.4, -0.2) is 34.0 Å². The number of aryl methyl sites for hydroxylation is 3. The number of benzene rings is 2. The number of carbonyl (C=O) groups is 1. The molecule has 2 heterocycles. The van der Waals surface area contributed by atoms with Crippen molar-refractivity contribution in [1.82, 2.24) is 20.4 Å². The third-order valence-corrected chi connectivity index (χ3v) is 6.32. The standard InChI is InChI=1S/C26H32N4O2/c1-17-6-5-7-22(14-17)25-28-24(32-29-25)16-30-12-10-21(11-13-30)26(31)27-20(4)23-15-18(2)8-9-19(23)3/h5-9,14-15,20-21H,10-13,16H2,1-4H3,(H,27,31). The molecule has 1 unspecified atom stereocenters. The van der Waals surface area contributed by atoms with Crippen molar-refractivity contribution in [1.29, 1.82) is 0 Å². The molecule has 1 atom stereocenters. The lowest BCUT2D eigenvalue weighted by atomic mass is 9.94. The van der Waals surface area contributed by atoms with Crippen molar-refractivity contribution in [3.05, 3.63) is 70.6 Å². The molecule has 2 aromatic carbocycles. The predicted molar refractivity (Wildman–Crippen MR) is 125 cm³/mol. The van der Waals surface area contributed by atoms with E-state index < -0.39 is 0 Å². The fourth-order valence-corrected chi connectivity index (χ4v) is 4.40. The smallest absolute Gasteiger partial charge is 0.241 e. The molecule has 0 saturated carbocycles. The minimum absolute atomic E-state index is 0.0128. The molecule has 1 amide bonds. The fourth-order valence-electron chi connectivity index (χ4n) is 4.40. The molecule has 32 heavy (non-hydrogen) atoms. The van der Waals surface area contributed by atoms with Gasteiger partial charge in [0.05, 0.1) is 12.6 Å². The van der Waals surface area contributed by atoms with Gasteiger partial charge >= 0.3 is 0 Å². The van der Waals surface area contributed by atoms with Gasteiger partial charge in [-0.3, -0.25) is 9.69 Å². The SMILES string of the molecule is Cc1cccc(-c2noc(CN3CCC(C(=O)NC(C)c4cc(C)ccc4C)CC3)n2)c1. The number of carbonyl (C=O) groups excluding carboxylic acids is 1. The Morgan fingerprint density at radius 2 is 1.88 bits per heavy atom. The molecule has 3 aromatic rings. The Morgan fingerprint density at radius 1 is 1.12 bits per heavy atom. The second-order valence-electron chi connectivity index (χ2n) is 9.02. The van der Waals surface area contributed by atoms with Crippen LogP contribution in [-0.2, 0) is 11.3 Å². The van der Waals surface area contributed by atoms with E-state index in [4.69, 9.17) is 4.52 Å². The summed E-state index contributed by atoms with van der Waals surface area (Å²) in [6.45, 7) is 10.6. The van der Waals surface area contributed by atoms with Crippen LogP contribution >= 0.6 is 0 Å². The first kappa shape index (κ1) is 22.2. The maximum atomic E-state index is 12.9. The molecule has 4 rings (SSSR count). The van der Waals surface area contributed by atoms with Gasteiger partial charge in [0, 0.05) is 11.5 Å². The Morgan fingerprint density at radius 3 is 2.62 bits per heavy atom. The molecule has 1 N–H and O–H groups in total. The summed E-state index contributed by atoms with van der Waals surface area (Å²) in [6.07, 6.45) is 1.68. The van der Waals surface area contributed by atoms with Crippen LogP contribution in [0.2, 0.25) is 0 Å². The van der Waals surface area contributed by atoms with Crippen LogP contribution in [0.3, 0.4) is 0 Å². The molecule has 6 nitrogen and oxygen atoms in total. The van der Waals surface area contributed by atoms with E-state index in [1.807, 2.05) is 25.1 Å². The topological polar surface area (TPSA) is 71.3 Å². The van der Waals surface area contributed by atoms with Crippen LogP contribution < -0.4 is 5.32 Å². The minimum atomic E-state index is 0.0128. The zero-order valence-electron chi connectivity index (χ0n) is 19.4. The van der Waals surface area contributed by atoms with Crippen molar-refractivity contribution in [2.24, 2.45) is 5.92 Å². The summed E-state index contributed by atoms with van der Waals surface area (Å²) < 4.78 is 5.48. The van der Waals surface area contributed by atoms with E-state index in [2.05, 4.69) is 65.4 Å². The van der Waals surface area contributed by atoms with Gasteiger partial charge in [-0.25, -0.2) is 0 Å². The van der Waals surface area contributed by atoms with E-state index in [1.165, 1.54) is 22.3 Å². The van der Waals surface area contributed by atoms with Crippen molar-refractivity contribution in [2.45, 2.75) is 53.1 Å². The average Bonchev–Trinajstić information content (AvgIpc) is 3.24. The molecule has 1 aliphatic rings. The number of amides is 1. The number of aromatic nitrogens is 2. The Balaban J connectivity index is 1.29. The van der Waals surface area contributed by atoms with Gasteiger partial charge in [0.15, 0.2) is 0 Å². The highest BCUT2D eigenvalue weighted by molar-refractivity contribution is 5.79. The van der Waals surface area contributed by atoms with Gasteiger partial charge in [-0.15, -0.1) is 0 Å². The van der Waals surface area contributed by atoms with Crippen LogP contribution in [0.1, 0.15) is 54.0 Å². The fraction of sp³-hybridized carbons (Fsp3) is 0.423. The van der Waals surface area contributed by atoms with E-state index in [0.29, 0.717) is 18.3 Å². The van der Waals surface area contributed by atoms with Crippen molar-refractivity contribution >= 4 is 5.91 Å². The lowest BCUT2D eigenvalue weighted by Gasteiger charge is -2.31. The van der Waals surface area contributed by atoms with Gasteiger partial charge in [-0.1, -0.05) is 52.7 Å². The molecule has 0 bridgehead atoms. The molecule has 168 valence electrons. The Labute approximate surface area is 190 Å². The molecule has 1 saturated heterocycles. The molecule has 1 fully saturated rings. The van der Waals surface area contributed by atoms with Crippen molar-refractivity contribution < 1.29 is 9.32 Å². The van der Waals surface area contributed by atoms with Gasteiger partial charge in [0.25, 0.3) is 0 Å². The summed E-state index contributed by atoms with van der Waals surface area (Å²) in [4.78, 5) is 19.7. The van der Waals surface area contributed by atoms with E-state index in [-0.39, 0.29) is 17.9 Å². The molecule has 0 radical (unpaired) electrons. The first-order valence-corrected chi connectivity index (χ1v) is 11.4. The summed E-state index contributed by atoms with van der Waals surface area (Å²) in [5.41, 5.74) is 5.75. The van der Waals surface area contributed by atoms with Gasteiger partial charge in [-0.05, 0) is 70.8 Å². The monoisotopic (exact) mass is 432 g/mol. The molecule has 0 spiro atoms. The minimum Gasteiger partial charge on any atom is -0.349 e. The maximum Gasteiger partial charge on any atom is 0.241 e. The largest absolute Gasteiger partial charge is 0.349 e. The van der Waals surface area contributed by atoms with Crippen LogP contribution in [0, 0.1) is 26.7 Å². The lowest BCUT2D eigenvalue weighted by Crippen LogP contribution is -2.41. The van der Waals surface area contributed by atoms with Crippen LogP contribution in [0.5, 0.6) is 0 Å². The maximum absolute atomic E-state index is 12.9. The average molecular weight is 433 g/mol. The van der Waals surface area contributed by atoms with Crippen molar-refractivity contribution in [2.75, 3.05) is 13.1 Å². The van der Waals surface area contributed by atoms with E-state index in [0.717, 1.165) is 31.5 Å². The number of likely N-dealkylation sites (tertiary alicyclic amines) is 1. The lowest BCUT2D eigenvalue weighted by molar-refractivity contribution is -0.127. The molecular weight excluding hydrogens is 400 g/mol. The second kappa shape index (κ2) is 9.65. The van der Waals surface area contributed by atoms with Gasteiger partial charge in [-0.2, -0.15) is 4.98 Å². The highest BCUT2D eigenvalue weighted by atomic mass is 16.5. The highest BCUT2D eigenvalue weighted by Crippen LogP contribution is 2.23. The quantitative estimate of drug-likeness (QED) is 0.609. The zero-order chi connectivity index (χ0) is 22.7. The van der Waals surface area contributed by atoms with Gasteiger partial charge in [0.2, 0.25) is 17.6 Å². The Hall–Kier alpha value is -2.99. The molecule has 1 aromatic heterocycles. The molecule has 6 heteroatoms. The predicted octanol–water partition coefficient (Wildman–Crippen LogP) is 4.75. The summed E-state index contributed by atoms with van der Waals surface area (Å²) in [7, 11) is 0. The van der Waals surface area contributed by atoms with E-state index >= 15 is 0 Å². The molecule has 0 aliphatic carbocycles. The van der Waals surface area contributed by atoms with E-state index in [1.54, 1.807) is 0 Å². The molecule has 1 aliphatic heterocycles. The summed E-state index contributed by atoms with van der Waals surface area (Å²) >= 11 is 0. The number of hydrogen-bond donors (Lipinski definition) is 1. The van der Waals surface area contributed by atoms with Crippen molar-refractivity contribution in [3.63, 3.8) is 0 Å². The number of rotatable bonds is 6. The van der Waals surface area contributed by atoms with Crippen LogP contribution in [0.25, 0.3) is 11.4 Å². The van der Waals surface area contributed by atoms with Gasteiger partial charge < -0.3 is 9.84 Å². The van der Waals surface area contributed by atoms with Crippen LogP contribution in [0.4, 0.5) is 0 Å². The number of nitrogens with one attached hydrogen (secondary N) is 1. The number of nitrogens with zero attached hydrogens (tertiary/aromatic N) is 3. The number of hydrogen-bond acceptors (Lipinski definition) is 5.